The Balaban J connectivity index is 1.76. The van der Waals surface area contributed by atoms with E-state index in [0.717, 1.165) is 29.9 Å². The molecule has 0 aliphatic carbocycles. The van der Waals surface area contributed by atoms with Gasteiger partial charge >= 0.3 is 0 Å². The third kappa shape index (κ3) is 1.85. The molecular formula is C14H17O5P. The lowest BCUT2D eigenvalue weighted by Crippen LogP contribution is -2.56. The number of hydrogen-bond acceptors (Lipinski definition) is 5. The first kappa shape index (κ1) is 12.8. The molecule has 0 N–H and O–H groups in total. The lowest BCUT2D eigenvalue weighted by atomic mass is 9.98. The highest BCUT2D eigenvalue weighted by atomic mass is 31.1. The van der Waals surface area contributed by atoms with Crippen molar-refractivity contribution < 1.29 is 23.7 Å². The van der Waals surface area contributed by atoms with Crippen LogP contribution in [0.3, 0.4) is 0 Å². The number of hydrogen-bond donors (Lipinski definition) is 0. The Morgan fingerprint density at radius 3 is 2.80 bits per heavy atom. The van der Waals surface area contributed by atoms with Crippen molar-refractivity contribution in [2.45, 2.75) is 36.6 Å². The monoisotopic (exact) mass is 296 g/mol. The van der Waals surface area contributed by atoms with E-state index in [4.69, 9.17) is 23.7 Å². The molecule has 5 nitrogen and oxygen atoms in total. The standard InChI is InChI=1S/C14H17O5P/c1-15-8-3-4-9(10(5-8)16-2)14-7-13-17-11(18-14)6-12(19-14)20-13/h3-5,11-13,20H,6-7H2,1-2H3. The molecule has 5 atom stereocenters. The van der Waals surface area contributed by atoms with Gasteiger partial charge < -0.3 is 23.7 Å². The molecule has 4 aliphatic heterocycles. The maximum atomic E-state index is 6.20. The van der Waals surface area contributed by atoms with Gasteiger partial charge in [-0.15, -0.1) is 0 Å². The zero-order chi connectivity index (χ0) is 13.7. The van der Waals surface area contributed by atoms with Crippen LogP contribution in [-0.4, -0.2) is 32.2 Å². The SMILES string of the molecule is COc1ccc(C23CC4OC(CC(O2)P4)O3)c(OC)c1. The Morgan fingerprint density at radius 1 is 1.20 bits per heavy atom. The Kier molecular flexibility index (Phi) is 2.93. The average Bonchev–Trinajstić information content (AvgIpc) is 2.45. The van der Waals surface area contributed by atoms with Gasteiger partial charge in [0.25, 0.3) is 0 Å². The minimum atomic E-state index is -0.723. The molecule has 4 aliphatic rings. The van der Waals surface area contributed by atoms with Crippen molar-refractivity contribution in [3.63, 3.8) is 0 Å². The van der Waals surface area contributed by atoms with Crippen LogP contribution < -0.4 is 9.47 Å². The maximum Gasteiger partial charge on any atom is 0.204 e. The van der Waals surface area contributed by atoms with Crippen LogP contribution in [0.2, 0.25) is 0 Å². The Labute approximate surface area is 119 Å². The molecule has 4 saturated heterocycles. The molecule has 0 aromatic heterocycles. The quantitative estimate of drug-likeness (QED) is 0.801. The fourth-order valence-corrected chi connectivity index (χ4v) is 4.77. The summed E-state index contributed by atoms with van der Waals surface area (Å²) in [5.74, 6) is 1.25. The van der Waals surface area contributed by atoms with E-state index >= 15 is 0 Å². The molecule has 0 saturated carbocycles. The smallest absolute Gasteiger partial charge is 0.204 e. The van der Waals surface area contributed by atoms with E-state index < -0.39 is 5.79 Å². The summed E-state index contributed by atoms with van der Waals surface area (Å²) in [6.45, 7) is 0. The van der Waals surface area contributed by atoms with E-state index in [1.165, 1.54) is 0 Å². The van der Waals surface area contributed by atoms with Crippen molar-refractivity contribution in [1.29, 1.82) is 0 Å². The van der Waals surface area contributed by atoms with Crippen LogP contribution >= 0.6 is 8.58 Å². The normalized spacial score (nSPS) is 39.2. The minimum absolute atomic E-state index is 0.152. The molecule has 4 heterocycles. The first-order valence-corrected chi connectivity index (χ1v) is 7.87. The van der Waals surface area contributed by atoms with Crippen molar-refractivity contribution >= 4 is 8.58 Å². The Morgan fingerprint density at radius 2 is 2.10 bits per heavy atom. The third-order valence-electron chi connectivity index (χ3n) is 4.02. The molecule has 4 bridgehead atoms. The molecule has 1 aromatic rings. The second-order valence-electron chi connectivity index (χ2n) is 5.20. The van der Waals surface area contributed by atoms with Crippen LogP contribution in [0.5, 0.6) is 11.5 Å². The van der Waals surface area contributed by atoms with E-state index in [-0.39, 0.29) is 18.0 Å². The predicted octanol–water partition coefficient (Wildman–Crippen LogP) is 2.38. The molecule has 6 heteroatoms. The van der Waals surface area contributed by atoms with Gasteiger partial charge in [0.1, 0.15) is 11.5 Å². The van der Waals surface area contributed by atoms with Crippen molar-refractivity contribution in [2.75, 3.05) is 14.2 Å². The number of methoxy groups -OCH3 is 2. The molecular weight excluding hydrogens is 279 g/mol. The van der Waals surface area contributed by atoms with E-state index in [1.54, 1.807) is 14.2 Å². The van der Waals surface area contributed by atoms with Gasteiger partial charge in [-0.3, -0.25) is 0 Å². The summed E-state index contributed by atoms with van der Waals surface area (Å²) < 4.78 is 28.8. The second kappa shape index (κ2) is 4.57. The summed E-state index contributed by atoms with van der Waals surface area (Å²) >= 11 is 0. The van der Waals surface area contributed by atoms with Crippen molar-refractivity contribution in [2.24, 2.45) is 0 Å². The highest BCUT2D eigenvalue weighted by Gasteiger charge is 2.56. The van der Waals surface area contributed by atoms with Crippen LogP contribution in [0.1, 0.15) is 18.4 Å². The molecule has 1 aromatic carbocycles. The minimum Gasteiger partial charge on any atom is -0.497 e. The predicted molar refractivity (Wildman–Crippen MR) is 73.4 cm³/mol. The first-order valence-electron chi connectivity index (χ1n) is 6.72. The molecule has 0 radical (unpaired) electrons. The first-order chi connectivity index (χ1) is 9.72. The van der Waals surface area contributed by atoms with Crippen LogP contribution in [0, 0.1) is 0 Å². The summed E-state index contributed by atoms with van der Waals surface area (Å²) in [6, 6.07) is 5.74. The molecule has 5 unspecified atom stereocenters. The van der Waals surface area contributed by atoms with E-state index in [1.807, 2.05) is 18.2 Å². The topological polar surface area (TPSA) is 46.2 Å². The summed E-state index contributed by atoms with van der Waals surface area (Å²) in [5, 5.41) is 0. The average molecular weight is 296 g/mol. The molecule has 0 spiro atoms. The van der Waals surface area contributed by atoms with Gasteiger partial charge in [-0.2, -0.15) is 0 Å². The molecule has 108 valence electrons. The number of ether oxygens (including phenoxy) is 5. The maximum absolute atomic E-state index is 6.20. The van der Waals surface area contributed by atoms with Gasteiger partial charge in [0.15, 0.2) is 6.29 Å². The third-order valence-corrected chi connectivity index (χ3v) is 5.46. The van der Waals surface area contributed by atoms with Gasteiger partial charge in [0.05, 0.1) is 31.5 Å². The van der Waals surface area contributed by atoms with Crippen molar-refractivity contribution in [1.82, 2.24) is 0 Å². The number of benzene rings is 1. The summed E-state index contributed by atoms with van der Waals surface area (Å²) in [7, 11) is 3.99. The van der Waals surface area contributed by atoms with Gasteiger partial charge in [-0.1, -0.05) is 8.58 Å². The lowest BCUT2D eigenvalue weighted by molar-refractivity contribution is -0.410. The summed E-state index contributed by atoms with van der Waals surface area (Å²) in [5.41, 5.74) is 0.924. The van der Waals surface area contributed by atoms with Gasteiger partial charge in [-0.05, 0) is 12.1 Å². The highest BCUT2D eigenvalue weighted by Crippen LogP contribution is 2.58. The zero-order valence-corrected chi connectivity index (χ0v) is 12.4. The van der Waals surface area contributed by atoms with Crippen LogP contribution in [0.15, 0.2) is 18.2 Å². The summed E-state index contributed by atoms with van der Waals surface area (Å²) in [6.07, 6.45) is 1.40. The second-order valence-corrected chi connectivity index (χ2v) is 6.83. The molecule has 4 fully saturated rings. The Hall–Kier alpha value is -0.870. The van der Waals surface area contributed by atoms with Crippen molar-refractivity contribution in [3.8, 4) is 11.5 Å². The molecule has 5 rings (SSSR count). The van der Waals surface area contributed by atoms with E-state index in [0.29, 0.717) is 8.58 Å². The highest BCUT2D eigenvalue weighted by molar-refractivity contribution is 7.39. The van der Waals surface area contributed by atoms with Gasteiger partial charge in [-0.25, -0.2) is 0 Å². The van der Waals surface area contributed by atoms with Gasteiger partial charge in [0.2, 0.25) is 5.79 Å². The number of rotatable bonds is 3. The van der Waals surface area contributed by atoms with E-state index in [2.05, 4.69) is 0 Å². The van der Waals surface area contributed by atoms with Crippen LogP contribution in [0.4, 0.5) is 0 Å². The van der Waals surface area contributed by atoms with Crippen LogP contribution in [-0.2, 0) is 20.0 Å². The lowest BCUT2D eigenvalue weighted by Gasteiger charge is -2.55. The van der Waals surface area contributed by atoms with Crippen molar-refractivity contribution in [3.05, 3.63) is 23.8 Å². The van der Waals surface area contributed by atoms with Gasteiger partial charge in [0, 0.05) is 18.9 Å². The fourth-order valence-electron chi connectivity index (χ4n) is 3.15. The fraction of sp³-hybridized carbons (Fsp3) is 0.571. The summed E-state index contributed by atoms with van der Waals surface area (Å²) in [4.78, 5) is 0. The molecule has 20 heavy (non-hydrogen) atoms. The molecule has 0 amide bonds. The van der Waals surface area contributed by atoms with E-state index in [9.17, 15) is 0 Å². The zero-order valence-electron chi connectivity index (χ0n) is 11.4. The van der Waals surface area contributed by atoms with Crippen LogP contribution in [0.25, 0.3) is 0 Å². The largest absolute Gasteiger partial charge is 0.497 e. The Bertz CT molecular complexity index is 497.